The van der Waals surface area contributed by atoms with Gasteiger partial charge in [-0.3, -0.25) is 4.79 Å². The average molecular weight is 276 g/mol. The molecular weight excluding hydrogens is 256 g/mol. The Hall–Kier alpha value is -0.920. The molecule has 0 amide bonds. The van der Waals surface area contributed by atoms with Crippen LogP contribution in [-0.4, -0.2) is 43.4 Å². The van der Waals surface area contributed by atoms with Gasteiger partial charge in [0, 0.05) is 19.6 Å². The van der Waals surface area contributed by atoms with Crippen LogP contribution >= 0.6 is 0 Å². The van der Waals surface area contributed by atoms with Crippen LogP contribution in [0.2, 0.25) is 0 Å². The summed E-state index contributed by atoms with van der Waals surface area (Å²) in [7, 11) is -3.46. The number of rotatable bonds is 6. The molecule has 0 spiro atoms. The van der Waals surface area contributed by atoms with E-state index in [0.717, 1.165) is 0 Å². The summed E-state index contributed by atoms with van der Waals surface area (Å²) in [5.74, 6) is -1.26. The van der Waals surface area contributed by atoms with Gasteiger partial charge in [0.2, 0.25) is 0 Å². The van der Waals surface area contributed by atoms with Crippen molar-refractivity contribution in [2.24, 2.45) is 5.92 Å². The van der Waals surface area contributed by atoms with Gasteiger partial charge >= 0.3 is 5.97 Å². The van der Waals surface area contributed by atoms with Crippen LogP contribution in [0.25, 0.3) is 0 Å². The molecule has 7 heteroatoms. The van der Waals surface area contributed by atoms with E-state index in [1.165, 1.54) is 4.31 Å². The summed E-state index contributed by atoms with van der Waals surface area (Å²) >= 11 is 0. The maximum atomic E-state index is 11.9. The van der Waals surface area contributed by atoms with Crippen molar-refractivity contribution in [3.8, 4) is 0 Å². The molecule has 18 heavy (non-hydrogen) atoms. The van der Waals surface area contributed by atoms with Crippen LogP contribution in [0.15, 0.2) is 12.2 Å². The van der Waals surface area contributed by atoms with Gasteiger partial charge in [0.15, 0.2) is 0 Å². The summed E-state index contributed by atoms with van der Waals surface area (Å²) in [5.41, 5.74) is 0. The topological polar surface area (TPSA) is 86.7 Å². The number of nitrogens with one attached hydrogen (secondary N) is 1. The highest BCUT2D eigenvalue weighted by Gasteiger charge is 2.30. The van der Waals surface area contributed by atoms with E-state index in [2.05, 4.69) is 4.72 Å². The molecule has 0 saturated carbocycles. The number of hydrogen-bond acceptors (Lipinski definition) is 3. The fraction of sp³-hybridized carbons (Fsp3) is 0.727. The van der Waals surface area contributed by atoms with Gasteiger partial charge in [0.25, 0.3) is 10.2 Å². The van der Waals surface area contributed by atoms with E-state index in [0.29, 0.717) is 25.8 Å². The quantitative estimate of drug-likeness (QED) is 0.549. The molecule has 1 fully saturated rings. The second-order valence-electron chi connectivity index (χ2n) is 4.27. The number of allylic oxidation sites excluding steroid dienone is 1. The van der Waals surface area contributed by atoms with E-state index in [1.807, 2.05) is 19.1 Å². The first-order chi connectivity index (χ1) is 8.47. The van der Waals surface area contributed by atoms with Crippen LogP contribution in [-0.2, 0) is 15.0 Å². The first kappa shape index (κ1) is 15.1. The van der Waals surface area contributed by atoms with Gasteiger partial charge in [0.1, 0.15) is 0 Å². The van der Waals surface area contributed by atoms with E-state index in [1.54, 1.807) is 0 Å². The lowest BCUT2D eigenvalue weighted by atomic mass is 9.99. The molecule has 1 aliphatic heterocycles. The van der Waals surface area contributed by atoms with Crippen molar-refractivity contribution in [2.75, 3.05) is 19.6 Å². The van der Waals surface area contributed by atoms with Crippen molar-refractivity contribution in [3.05, 3.63) is 12.2 Å². The summed E-state index contributed by atoms with van der Waals surface area (Å²) in [6, 6.07) is 0. The molecule has 104 valence electrons. The van der Waals surface area contributed by atoms with Crippen LogP contribution in [0.3, 0.4) is 0 Å². The van der Waals surface area contributed by atoms with Crippen LogP contribution in [0, 0.1) is 5.92 Å². The molecule has 0 aromatic rings. The highest BCUT2D eigenvalue weighted by atomic mass is 32.2. The van der Waals surface area contributed by atoms with Gasteiger partial charge < -0.3 is 5.11 Å². The Bertz CT molecular complexity index is 397. The Kier molecular flexibility index (Phi) is 5.77. The smallest absolute Gasteiger partial charge is 0.306 e. The first-order valence-corrected chi connectivity index (χ1v) is 7.50. The van der Waals surface area contributed by atoms with Gasteiger partial charge in [-0.05, 0) is 26.2 Å². The Morgan fingerprint density at radius 3 is 2.56 bits per heavy atom. The van der Waals surface area contributed by atoms with Gasteiger partial charge in [0.05, 0.1) is 5.92 Å². The lowest BCUT2D eigenvalue weighted by Gasteiger charge is -2.29. The second-order valence-corrected chi connectivity index (χ2v) is 6.02. The van der Waals surface area contributed by atoms with Crippen LogP contribution in [0.5, 0.6) is 0 Å². The highest BCUT2D eigenvalue weighted by Crippen LogP contribution is 2.18. The fourth-order valence-electron chi connectivity index (χ4n) is 1.87. The van der Waals surface area contributed by atoms with Gasteiger partial charge in [-0.25, -0.2) is 4.72 Å². The standard InChI is InChI=1S/C11H20N2O4S/c1-2-3-4-7-12-18(16,17)13-8-5-10(6-9-13)11(14)15/h2-3,10,12H,4-9H2,1H3,(H,14,15)/b3-2+. The molecule has 1 aliphatic rings. The largest absolute Gasteiger partial charge is 0.481 e. The second kappa shape index (κ2) is 6.86. The van der Waals surface area contributed by atoms with Crippen LogP contribution in [0.1, 0.15) is 26.2 Å². The number of nitrogens with zero attached hydrogens (tertiary/aromatic N) is 1. The Balaban J connectivity index is 2.42. The van der Waals surface area contributed by atoms with Crippen molar-refractivity contribution in [3.63, 3.8) is 0 Å². The molecule has 0 aromatic heterocycles. The van der Waals surface area contributed by atoms with Crippen LogP contribution in [0.4, 0.5) is 0 Å². The molecule has 1 rings (SSSR count). The summed E-state index contributed by atoms with van der Waals surface area (Å²) in [6.07, 6.45) is 5.17. The third-order valence-corrected chi connectivity index (χ3v) is 4.59. The highest BCUT2D eigenvalue weighted by molar-refractivity contribution is 7.87. The zero-order valence-electron chi connectivity index (χ0n) is 10.5. The minimum atomic E-state index is -3.46. The predicted octanol–water partition coefficient (Wildman–Crippen LogP) is 0.584. The summed E-state index contributed by atoms with van der Waals surface area (Å²) < 4.78 is 27.6. The van der Waals surface area contributed by atoms with Crippen molar-refractivity contribution in [1.29, 1.82) is 0 Å². The van der Waals surface area contributed by atoms with E-state index in [4.69, 9.17) is 5.11 Å². The van der Waals surface area contributed by atoms with E-state index in [-0.39, 0.29) is 13.1 Å². The van der Waals surface area contributed by atoms with Crippen molar-refractivity contribution in [1.82, 2.24) is 9.03 Å². The maximum Gasteiger partial charge on any atom is 0.306 e. The number of hydrogen-bond donors (Lipinski definition) is 2. The zero-order chi connectivity index (χ0) is 13.6. The molecule has 6 nitrogen and oxygen atoms in total. The fourth-order valence-corrected chi connectivity index (χ4v) is 3.12. The molecule has 0 bridgehead atoms. The number of carbonyl (C=O) groups is 1. The third-order valence-electron chi connectivity index (χ3n) is 2.97. The monoisotopic (exact) mass is 276 g/mol. The van der Waals surface area contributed by atoms with Crippen LogP contribution < -0.4 is 4.72 Å². The normalized spacial score (nSPS) is 19.4. The molecule has 0 aromatic carbocycles. The molecule has 2 N–H and O–H groups in total. The average Bonchev–Trinajstić information content (AvgIpc) is 2.35. The number of carboxylic acid groups (broad SMARTS) is 1. The molecule has 0 unspecified atom stereocenters. The SMILES string of the molecule is C/C=C/CCNS(=O)(=O)N1CCC(C(=O)O)CC1. The van der Waals surface area contributed by atoms with E-state index < -0.39 is 22.1 Å². The predicted molar refractivity (Wildman–Crippen MR) is 68.3 cm³/mol. The lowest BCUT2D eigenvalue weighted by Crippen LogP contribution is -2.46. The van der Waals surface area contributed by atoms with Crippen molar-refractivity contribution >= 4 is 16.2 Å². The Labute approximate surface area is 108 Å². The first-order valence-electron chi connectivity index (χ1n) is 6.06. The zero-order valence-corrected chi connectivity index (χ0v) is 11.3. The molecule has 0 radical (unpaired) electrons. The van der Waals surface area contributed by atoms with Crippen molar-refractivity contribution in [2.45, 2.75) is 26.2 Å². The molecule has 0 atom stereocenters. The Morgan fingerprint density at radius 2 is 2.06 bits per heavy atom. The van der Waals surface area contributed by atoms with Gasteiger partial charge in [-0.2, -0.15) is 12.7 Å². The molecule has 0 aliphatic carbocycles. The maximum absolute atomic E-state index is 11.9. The number of carboxylic acids is 1. The summed E-state index contributed by atoms with van der Waals surface area (Å²) in [5, 5.41) is 8.84. The number of aliphatic carboxylic acids is 1. The summed E-state index contributed by atoms with van der Waals surface area (Å²) in [4.78, 5) is 10.8. The molecular formula is C11H20N2O4S. The van der Waals surface area contributed by atoms with Gasteiger partial charge in [-0.1, -0.05) is 12.2 Å². The Morgan fingerprint density at radius 1 is 1.44 bits per heavy atom. The minimum absolute atomic E-state index is 0.274. The lowest BCUT2D eigenvalue weighted by molar-refractivity contribution is -0.142. The van der Waals surface area contributed by atoms with Gasteiger partial charge in [-0.15, -0.1) is 0 Å². The van der Waals surface area contributed by atoms with Crippen molar-refractivity contribution < 1.29 is 18.3 Å². The van der Waals surface area contributed by atoms with E-state index in [9.17, 15) is 13.2 Å². The third kappa shape index (κ3) is 4.40. The molecule has 1 saturated heterocycles. The minimum Gasteiger partial charge on any atom is -0.481 e. The molecule has 1 heterocycles. The number of piperidine rings is 1. The summed E-state index contributed by atoms with van der Waals surface area (Å²) in [6.45, 7) is 2.79. The van der Waals surface area contributed by atoms with E-state index >= 15 is 0 Å².